The summed E-state index contributed by atoms with van der Waals surface area (Å²) < 4.78 is 0. The van der Waals surface area contributed by atoms with Crippen LogP contribution in [0.25, 0.3) is 5.57 Å². The number of aryl methyl sites for hydroxylation is 1. The van der Waals surface area contributed by atoms with E-state index in [1.54, 1.807) is 4.90 Å². The average molecular weight is 376 g/mol. The maximum absolute atomic E-state index is 13.5. The number of hydrogen-bond acceptors (Lipinski definition) is 3. The molecular formula is C23H26N3O2+. The molecule has 0 atom stereocenters. The number of anilines is 1. The summed E-state index contributed by atoms with van der Waals surface area (Å²) in [6.45, 7) is 9.22. The lowest BCUT2D eigenvalue weighted by Gasteiger charge is -2.33. The minimum absolute atomic E-state index is 0.247. The molecule has 0 spiro atoms. The summed E-state index contributed by atoms with van der Waals surface area (Å²) in [6, 6.07) is 14.9. The van der Waals surface area contributed by atoms with Crippen molar-refractivity contribution in [1.82, 2.24) is 4.90 Å². The third-order valence-electron chi connectivity index (χ3n) is 5.76. The number of benzene rings is 2. The molecule has 2 heterocycles. The predicted octanol–water partition coefficient (Wildman–Crippen LogP) is 1.74. The van der Waals surface area contributed by atoms with Gasteiger partial charge in [0.25, 0.3) is 11.8 Å². The van der Waals surface area contributed by atoms with Crippen LogP contribution < -0.4 is 9.80 Å². The number of rotatable bonds is 3. The van der Waals surface area contributed by atoms with Crippen molar-refractivity contribution >= 4 is 23.1 Å². The van der Waals surface area contributed by atoms with E-state index in [0.29, 0.717) is 16.8 Å². The van der Waals surface area contributed by atoms with E-state index in [1.807, 2.05) is 61.7 Å². The number of fused-ring (bicyclic) bond motifs is 1. The highest BCUT2D eigenvalue weighted by Crippen LogP contribution is 2.33. The largest absolute Gasteiger partial charge is 0.365 e. The topological polar surface area (TPSA) is 45.1 Å². The highest BCUT2D eigenvalue weighted by atomic mass is 16.2. The van der Waals surface area contributed by atoms with E-state index in [2.05, 4.69) is 11.8 Å². The molecule has 0 aliphatic carbocycles. The number of amides is 2. The standard InChI is InChI=1S/C23H25N3O2/c1-3-24-12-14-25(15-13-24)16-20-18-9-5-6-10-19(18)22(27)26(23(20)28)21-11-7-4-8-17(21)2/h4-11,16H,3,12-15H2,1-2H3/p+1. The maximum Gasteiger partial charge on any atom is 0.267 e. The van der Waals surface area contributed by atoms with Crippen molar-refractivity contribution in [2.45, 2.75) is 13.8 Å². The Hall–Kier alpha value is -2.92. The zero-order valence-corrected chi connectivity index (χ0v) is 16.4. The lowest BCUT2D eigenvalue weighted by molar-refractivity contribution is -0.902. The molecule has 2 amide bonds. The van der Waals surface area contributed by atoms with Gasteiger partial charge >= 0.3 is 0 Å². The first-order valence-corrected chi connectivity index (χ1v) is 9.93. The van der Waals surface area contributed by atoms with Crippen LogP contribution in [0.1, 0.15) is 28.4 Å². The van der Waals surface area contributed by atoms with Crippen LogP contribution in [0.15, 0.2) is 54.7 Å². The van der Waals surface area contributed by atoms with Gasteiger partial charge in [-0.2, -0.15) is 0 Å². The van der Waals surface area contributed by atoms with Gasteiger partial charge in [0.05, 0.1) is 44.0 Å². The molecule has 1 fully saturated rings. The number of para-hydroxylation sites is 1. The summed E-state index contributed by atoms with van der Waals surface area (Å²) in [5.41, 5.74) is 3.46. The summed E-state index contributed by atoms with van der Waals surface area (Å²) in [5.74, 6) is -0.504. The van der Waals surface area contributed by atoms with Gasteiger partial charge in [-0.3, -0.25) is 9.59 Å². The molecule has 1 saturated heterocycles. The van der Waals surface area contributed by atoms with Crippen LogP contribution in [0.3, 0.4) is 0 Å². The Morgan fingerprint density at radius 2 is 1.57 bits per heavy atom. The van der Waals surface area contributed by atoms with Gasteiger partial charge in [0.2, 0.25) is 0 Å². The molecule has 2 aliphatic heterocycles. The highest BCUT2D eigenvalue weighted by molar-refractivity contribution is 6.41. The molecule has 5 nitrogen and oxygen atoms in total. The fourth-order valence-corrected chi connectivity index (χ4v) is 4.02. The SMILES string of the molecule is CC[NH+]1CCN(C=C2C(=O)N(c3ccccc3C)C(=O)c3ccccc32)CC1. The average Bonchev–Trinajstić information content (AvgIpc) is 2.73. The van der Waals surface area contributed by atoms with Gasteiger partial charge in [0.1, 0.15) is 0 Å². The molecule has 0 aromatic heterocycles. The van der Waals surface area contributed by atoms with Crippen molar-refractivity contribution in [3.8, 4) is 0 Å². The fraction of sp³-hybridized carbons (Fsp3) is 0.304. The quantitative estimate of drug-likeness (QED) is 0.656. The Kier molecular flexibility index (Phi) is 5.01. The summed E-state index contributed by atoms with van der Waals surface area (Å²) >= 11 is 0. The first-order chi connectivity index (χ1) is 13.6. The zero-order chi connectivity index (χ0) is 19.7. The number of hydrogen-bond donors (Lipinski definition) is 1. The minimum atomic E-state index is -0.257. The molecule has 0 radical (unpaired) electrons. The van der Waals surface area contributed by atoms with Gasteiger partial charge in [-0.1, -0.05) is 36.4 Å². The lowest BCUT2D eigenvalue weighted by atomic mass is 9.93. The van der Waals surface area contributed by atoms with Crippen LogP contribution in [0.5, 0.6) is 0 Å². The Morgan fingerprint density at radius 3 is 2.25 bits per heavy atom. The molecule has 28 heavy (non-hydrogen) atoms. The number of quaternary nitrogens is 1. The van der Waals surface area contributed by atoms with Crippen molar-refractivity contribution in [1.29, 1.82) is 0 Å². The van der Waals surface area contributed by atoms with Gasteiger partial charge in [0.15, 0.2) is 0 Å². The second-order valence-electron chi connectivity index (χ2n) is 7.46. The number of likely N-dealkylation sites (N-methyl/N-ethyl adjacent to an activating group) is 1. The van der Waals surface area contributed by atoms with E-state index in [-0.39, 0.29) is 11.8 Å². The highest BCUT2D eigenvalue weighted by Gasteiger charge is 2.36. The second-order valence-corrected chi connectivity index (χ2v) is 7.46. The van der Waals surface area contributed by atoms with Crippen LogP contribution in [-0.2, 0) is 4.79 Å². The van der Waals surface area contributed by atoms with E-state index in [0.717, 1.165) is 43.9 Å². The smallest absolute Gasteiger partial charge is 0.267 e. The summed E-state index contributed by atoms with van der Waals surface area (Å²) in [5, 5.41) is 0. The molecule has 144 valence electrons. The van der Waals surface area contributed by atoms with Crippen molar-refractivity contribution in [3.63, 3.8) is 0 Å². The Labute approximate surface area is 165 Å². The van der Waals surface area contributed by atoms with E-state index >= 15 is 0 Å². The molecule has 0 saturated carbocycles. The normalized spacial score (nSPS) is 19.3. The first kappa shape index (κ1) is 18.4. The van der Waals surface area contributed by atoms with E-state index in [1.165, 1.54) is 4.90 Å². The molecule has 2 aliphatic rings. The molecule has 0 bridgehead atoms. The van der Waals surface area contributed by atoms with Crippen molar-refractivity contribution in [2.75, 3.05) is 37.6 Å². The lowest BCUT2D eigenvalue weighted by Crippen LogP contribution is -3.14. The van der Waals surface area contributed by atoms with Crippen LogP contribution in [-0.4, -0.2) is 49.4 Å². The number of nitrogens with one attached hydrogen (secondary N) is 1. The number of nitrogens with zero attached hydrogens (tertiary/aromatic N) is 2. The Morgan fingerprint density at radius 1 is 0.929 bits per heavy atom. The van der Waals surface area contributed by atoms with E-state index in [9.17, 15) is 9.59 Å². The maximum atomic E-state index is 13.5. The number of piperazine rings is 1. The van der Waals surface area contributed by atoms with Crippen molar-refractivity contribution in [3.05, 3.63) is 71.4 Å². The Bertz CT molecular complexity index is 942. The molecule has 4 rings (SSSR count). The van der Waals surface area contributed by atoms with Crippen LogP contribution in [0.4, 0.5) is 5.69 Å². The molecule has 2 aromatic rings. The van der Waals surface area contributed by atoms with E-state index < -0.39 is 0 Å². The molecule has 1 N–H and O–H groups in total. The number of carbonyl (C=O) groups excluding carboxylic acids is 2. The van der Waals surface area contributed by atoms with Gasteiger partial charge in [-0.15, -0.1) is 0 Å². The Balaban J connectivity index is 1.76. The summed E-state index contributed by atoms with van der Waals surface area (Å²) in [7, 11) is 0. The van der Waals surface area contributed by atoms with E-state index in [4.69, 9.17) is 0 Å². The molecule has 0 unspecified atom stereocenters. The van der Waals surface area contributed by atoms with Gasteiger partial charge in [0, 0.05) is 17.3 Å². The second kappa shape index (κ2) is 7.60. The summed E-state index contributed by atoms with van der Waals surface area (Å²) in [4.78, 5) is 31.7. The van der Waals surface area contributed by atoms with Gasteiger partial charge in [-0.05, 0) is 31.5 Å². The van der Waals surface area contributed by atoms with Crippen LogP contribution >= 0.6 is 0 Å². The summed E-state index contributed by atoms with van der Waals surface area (Å²) in [6.07, 6.45) is 1.96. The monoisotopic (exact) mass is 376 g/mol. The van der Waals surface area contributed by atoms with Crippen molar-refractivity contribution in [2.24, 2.45) is 0 Å². The fourth-order valence-electron chi connectivity index (χ4n) is 4.02. The first-order valence-electron chi connectivity index (χ1n) is 9.93. The molecular weight excluding hydrogens is 350 g/mol. The third kappa shape index (κ3) is 3.22. The minimum Gasteiger partial charge on any atom is -0.365 e. The number of imide groups is 1. The predicted molar refractivity (Wildman–Crippen MR) is 110 cm³/mol. The van der Waals surface area contributed by atoms with Crippen molar-refractivity contribution < 1.29 is 14.5 Å². The third-order valence-corrected chi connectivity index (χ3v) is 5.76. The number of carbonyl (C=O) groups is 2. The zero-order valence-electron chi connectivity index (χ0n) is 16.4. The van der Waals surface area contributed by atoms with Gasteiger partial charge in [-0.25, -0.2) is 4.90 Å². The van der Waals surface area contributed by atoms with Gasteiger partial charge < -0.3 is 9.80 Å². The molecule has 5 heteroatoms. The van der Waals surface area contributed by atoms with Crippen LogP contribution in [0, 0.1) is 6.92 Å². The van der Waals surface area contributed by atoms with Crippen LogP contribution in [0.2, 0.25) is 0 Å². The molecule has 2 aromatic carbocycles.